The van der Waals surface area contributed by atoms with Crippen LogP contribution < -0.4 is 0 Å². The number of rotatable bonds is 4. The number of allylic oxidation sites excluding steroid dienone is 4. The van der Waals surface area contributed by atoms with Crippen molar-refractivity contribution in [3.05, 3.63) is 23.8 Å². The SMILES string of the molecule is C/C=C(/C=C\CCC)CC. The van der Waals surface area contributed by atoms with Gasteiger partial charge in [-0.1, -0.05) is 44.1 Å². The van der Waals surface area contributed by atoms with Gasteiger partial charge in [0.1, 0.15) is 0 Å². The van der Waals surface area contributed by atoms with E-state index in [4.69, 9.17) is 0 Å². The predicted molar refractivity (Wildman–Crippen MR) is 48.1 cm³/mol. The normalized spacial score (nSPS) is 12.9. The maximum atomic E-state index is 2.25. The summed E-state index contributed by atoms with van der Waals surface area (Å²) in [6.07, 6.45) is 10.2. The Kier molecular flexibility index (Phi) is 6.25. The van der Waals surface area contributed by atoms with Crippen molar-refractivity contribution < 1.29 is 0 Å². The Labute approximate surface area is 64.6 Å². The molecule has 10 heavy (non-hydrogen) atoms. The van der Waals surface area contributed by atoms with Crippen molar-refractivity contribution in [3.63, 3.8) is 0 Å². The average Bonchev–Trinajstić information content (AvgIpc) is 1.99. The average molecular weight is 138 g/mol. The van der Waals surface area contributed by atoms with Crippen LogP contribution in [0.25, 0.3) is 0 Å². The first-order valence-corrected chi connectivity index (χ1v) is 4.16. The number of unbranched alkanes of at least 4 members (excludes halogenated alkanes) is 1. The maximum Gasteiger partial charge on any atom is -0.0311 e. The fourth-order valence-corrected chi connectivity index (χ4v) is 0.820. The smallest absolute Gasteiger partial charge is 0.0311 e. The van der Waals surface area contributed by atoms with Gasteiger partial charge in [-0.05, 0) is 19.8 Å². The molecule has 0 saturated carbocycles. The van der Waals surface area contributed by atoms with Crippen molar-refractivity contribution in [3.8, 4) is 0 Å². The molecule has 0 heterocycles. The molecule has 0 radical (unpaired) electrons. The standard InChI is InChI=1S/C10H18/c1-4-7-8-9-10(5-2)6-3/h5,8-9H,4,6-7H2,1-3H3/b9-8-,10-5+. The Bertz CT molecular complexity index is 118. The predicted octanol–water partition coefficient (Wildman–Crippen LogP) is 3.70. The minimum Gasteiger partial charge on any atom is -0.0845 e. The molecule has 0 bridgehead atoms. The van der Waals surface area contributed by atoms with Crippen LogP contribution in [0.4, 0.5) is 0 Å². The highest BCUT2D eigenvalue weighted by Gasteiger charge is 1.82. The highest BCUT2D eigenvalue weighted by Crippen LogP contribution is 2.02. The quantitative estimate of drug-likeness (QED) is 0.520. The Morgan fingerprint density at radius 2 is 2.00 bits per heavy atom. The lowest BCUT2D eigenvalue weighted by Gasteiger charge is -1.92. The molecule has 0 fully saturated rings. The molecular weight excluding hydrogens is 120 g/mol. The molecule has 0 saturated heterocycles. The molecule has 0 aliphatic rings. The summed E-state index contributed by atoms with van der Waals surface area (Å²) in [7, 11) is 0. The first-order valence-electron chi connectivity index (χ1n) is 4.16. The molecule has 58 valence electrons. The summed E-state index contributed by atoms with van der Waals surface area (Å²) in [6.45, 7) is 6.48. The second kappa shape index (κ2) is 6.60. The zero-order valence-corrected chi connectivity index (χ0v) is 7.35. The number of hydrogen-bond donors (Lipinski definition) is 0. The van der Waals surface area contributed by atoms with Crippen LogP contribution in [-0.2, 0) is 0 Å². The van der Waals surface area contributed by atoms with Crippen LogP contribution >= 0.6 is 0 Å². The third kappa shape index (κ3) is 4.37. The van der Waals surface area contributed by atoms with E-state index in [9.17, 15) is 0 Å². The largest absolute Gasteiger partial charge is 0.0845 e. The Hall–Kier alpha value is -0.520. The third-order valence-electron chi connectivity index (χ3n) is 1.57. The molecule has 0 unspecified atom stereocenters. The van der Waals surface area contributed by atoms with Gasteiger partial charge in [0.05, 0.1) is 0 Å². The van der Waals surface area contributed by atoms with E-state index in [0.29, 0.717) is 0 Å². The molecule has 0 rings (SSSR count). The molecule has 0 heteroatoms. The molecule has 0 atom stereocenters. The molecule has 0 nitrogen and oxygen atoms in total. The van der Waals surface area contributed by atoms with Gasteiger partial charge in [-0.2, -0.15) is 0 Å². The van der Waals surface area contributed by atoms with Crippen molar-refractivity contribution in [2.24, 2.45) is 0 Å². The Morgan fingerprint density at radius 1 is 1.30 bits per heavy atom. The first-order chi connectivity index (χ1) is 4.85. The van der Waals surface area contributed by atoms with Gasteiger partial charge in [-0.3, -0.25) is 0 Å². The van der Waals surface area contributed by atoms with Crippen molar-refractivity contribution >= 4 is 0 Å². The van der Waals surface area contributed by atoms with Crippen molar-refractivity contribution in [1.29, 1.82) is 0 Å². The van der Waals surface area contributed by atoms with Gasteiger partial charge < -0.3 is 0 Å². The summed E-state index contributed by atoms with van der Waals surface area (Å²) in [5.41, 5.74) is 1.44. The van der Waals surface area contributed by atoms with Crippen LogP contribution in [0, 0.1) is 0 Å². The Balaban J connectivity index is 3.63. The van der Waals surface area contributed by atoms with E-state index >= 15 is 0 Å². The molecular formula is C10H18. The van der Waals surface area contributed by atoms with Gasteiger partial charge in [-0.15, -0.1) is 0 Å². The molecule has 0 N–H and O–H groups in total. The van der Waals surface area contributed by atoms with Gasteiger partial charge in [0.2, 0.25) is 0 Å². The second-order valence-electron chi connectivity index (χ2n) is 2.41. The highest BCUT2D eigenvalue weighted by molar-refractivity contribution is 5.16. The highest BCUT2D eigenvalue weighted by atomic mass is 13.9. The maximum absolute atomic E-state index is 2.25. The molecule has 0 aromatic rings. The zero-order chi connectivity index (χ0) is 7.82. The van der Waals surface area contributed by atoms with Crippen molar-refractivity contribution in [1.82, 2.24) is 0 Å². The lowest BCUT2D eigenvalue weighted by atomic mass is 10.1. The summed E-state index contributed by atoms with van der Waals surface area (Å²) >= 11 is 0. The van der Waals surface area contributed by atoms with E-state index in [0.717, 1.165) is 6.42 Å². The summed E-state index contributed by atoms with van der Waals surface area (Å²) in [5.74, 6) is 0. The van der Waals surface area contributed by atoms with Crippen LogP contribution in [0.5, 0.6) is 0 Å². The van der Waals surface area contributed by atoms with Crippen LogP contribution in [0.15, 0.2) is 23.8 Å². The second-order valence-corrected chi connectivity index (χ2v) is 2.41. The van der Waals surface area contributed by atoms with Gasteiger partial charge >= 0.3 is 0 Å². The summed E-state index contributed by atoms with van der Waals surface area (Å²) in [6, 6.07) is 0. The lowest BCUT2D eigenvalue weighted by molar-refractivity contribution is 0.955. The van der Waals surface area contributed by atoms with Crippen LogP contribution in [0.2, 0.25) is 0 Å². The van der Waals surface area contributed by atoms with Crippen molar-refractivity contribution in [2.45, 2.75) is 40.0 Å². The molecule has 0 spiro atoms. The fourth-order valence-electron chi connectivity index (χ4n) is 0.820. The molecule has 0 aromatic carbocycles. The van der Waals surface area contributed by atoms with Crippen LogP contribution in [0.3, 0.4) is 0 Å². The lowest BCUT2D eigenvalue weighted by Crippen LogP contribution is -1.71. The van der Waals surface area contributed by atoms with E-state index in [2.05, 4.69) is 39.0 Å². The molecule has 0 aromatic heterocycles. The first kappa shape index (κ1) is 9.48. The van der Waals surface area contributed by atoms with Gasteiger partial charge in [-0.25, -0.2) is 0 Å². The fraction of sp³-hybridized carbons (Fsp3) is 0.600. The third-order valence-corrected chi connectivity index (χ3v) is 1.57. The van der Waals surface area contributed by atoms with Crippen LogP contribution in [-0.4, -0.2) is 0 Å². The van der Waals surface area contributed by atoms with Gasteiger partial charge in [0.25, 0.3) is 0 Å². The monoisotopic (exact) mass is 138 g/mol. The molecule has 0 aliphatic carbocycles. The summed E-state index contributed by atoms with van der Waals surface area (Å²) in [4.78, 5) is 0. The van der Waals surface area contributed by atoms with Crippen molar-refractivity contribution in [2.75, 3.05) is 0 Å². The van der Waals surface area contributed by atoms with Gasteiger partial charge in [0.15, 0.2) is 0 Å². The zero-order valence-electron chi connectivity index (χ0n) is 7.35. The number of hydrogen-bond acceptors (Lipinski definition) is 0. The summed E-state index contributed by atoms with van der Waals surface area (Å²) in [5, 5.41) is 0. The Morgan fingerprint density at radius 3 is 2.40 bits per heavy atom. The van der Waals surface area contributed by atoms with E-state index in [1.807, 2.05) is 0 Å². The minimum absolute atomic E-state index is 1.15. The van der Waals surface area contributed by atoms with Crippen LogP contribution in [0.1, 0.15) is 40.0 Å². The topological polar surface area (TPSA) is 0 Å². The molecule has 0 aliphatic heterocycles. The van der Waals surface area contributed by atoms with Gasteiger partial charge in [0, 0.05) is 0 Å². The molecule has 0 amide bonds. The minimum atomic E-state index is 1.15. The van der Waals surface area contributed by atoms with E-state index < -0.39 is 0 Å². The van der Waals surface area contributed by atoms with E-state index in [-0.39, 0.29) is 0 Å². The van der Waals surface area contributed by atoms with E-state index in [1.165, 1.54) is 18.4 Å². The van der Waals surface area contributed by atoms with E-state index in [1.54, 1.807) is 0 Å². The summed E-state index contributed by atoms with van der Waals surface area (Å²) < 4.78 is 0.